The van der Waals surface area contributed by atoms with Crippen molar-refractivity contribution < 1.29 is 14.2 Å². The topological polar surface area (TPSA) is 39.7 Å². The van der Waals surface area contributed by atoms with E-state index < -0.39 is 0 Å². The molecule has 0 saturated heterocycles. The maximum atomic E-state index is 5.87. The normalized spacial score (nSPS) is 12.2. The molecule has 0 aromatic heterocycles. The molecule has 1 aromatic rings. The average Bonchev–Trinajstić information content (AvgIpc) is 2.32. The summed E-state index contributed by atoms with van der Waals surface area (Å²) in [6, 6.07) is 5.88. The van der Waals surface area contributed by atoms with Crippen molar-refractivity contribution in [2.45, 2.75) is 19.6 Å². The minimum Gasteiger partial charge on any atom is -0.493 e. The van der Waals surface area contributed by atoms with Crippen LogP contribution in [0.5, 0.6) is 11.5 Å². The van der Waals surface area contributed by atoms with Crippen LogP contribution in [0, 0.1) is 0 Å². The molecular formula is C13H21NO3. The second kappa shape index (κ2) is 7.14. The van der Waals surface area contributed by atoms with Gasteiger partial charge in [0.25, 0.3) is 0 Å². The molecule has 1 aromatic carbocycles. The van der Waals surface area contributed by atoms with Crippen LogP contribution in [-0.2, 0) is 11.3 Å². The van der Waals surface area contributed by atoms with Gasteiger partial charge in [0.1, 0.15) is 6.10 Å². The smallest absolute Gasteiger partial charge is 0.166 e. The predicted molar refractivity (Wildman–Crippen MR) is 67.7 cm³/mol. The summed E-state index contributed by atoms with van der Waals surface area (Å²) in [5.74, 6) is 1.54. The minimum atomic E-state index is -0.00749. The van der Waals surface area contributed by atoms with Crippen LogP contribution in [0.25, 0.3) is 0 Å². The Morgan fingerprint density at radius 2 is 2.06 bits per heavy atom. The van der Waals surface area contributed by atoms with Crippen molar-refractivity contribution in [2.75, 3.05) is 27.9 Å². The molecule has 1 unspecified atom stereocenters. The summed E-state index contributed by atoms with van der Waals surface area (Å²) < 4.78 is 16.3. The van der Waals surface area contributed by atoms with Crippen molar-refractivity contribution in [2.24, 2.45) is 0 Å². The number of rotatable bonds is 7. The minimum absolute atomic E-state index is 0.00749. The van der Waals surface area contributed by atoms with E-state index in [1.165, 1.54) is 0 Å². The van der Waals surface area contributed by atoms with Crippen molar-refractivity contribution in [1.82, 2.24) is 5.32 Å². The Morgan fingerprint density at radius 1 is 1.29 bits per heavy atom. The van der Waals surface area contributed by atoms with Crippen LogP contribution in [0.1, 0.15) is 12.5 Å². The third-order valence-electron chi connectivity index (χ3n) is 2.37. The monoisotopic (exact) mass is 239 g/mol. The van der Waals surface area contributed by atoms with Gasteiger partial charge in [-0.15, -0.1) is 0 Å². The molecule has 0 bridgehead atoms. The van der Waals surface area contributed by atoms with Gasteiger partial charge < -0.3 is 19.5 Å². The van der Waals surface area contributed by atoms with E-state index in [1.54, 1.807) is 14.2 Å². The summed E-state index contributed by atoms with van der Waals surface area (Å²) in [6.07, 6.45) is -0.00749. The molecule has 0 heterocycles. The number of nitrogens with one attached hydrogen (secondary N) is 1. The molecule has 0 spiro atoms. The maximum absolute atomic E-state index is 5.87. The Labute approximate surface area is 103 Å². The van der Waals surface area contributed by atoms with Gasteiger partial charge in [-0.2, -0.15) is 0 Å². The quantitative estimate of drug-likeness (QED) is 0.788. The molecule has 4 nitrogen and oxygen atoms in total. The molecule has 0 amide bonds. The van der Waals surface area contributed by atoms with E-state index in [4.69, 9.17) is 14.2 Å². The highest BCUT2D eigenvalue weighted by molar-refractivity contribution is 5.46. The van der Waals surface area contributed by atoms with Crippen molar-refractivity contribution >= 4 is 0 Å². The zero-order chi connectivity index (χ0) is 12.7. The Hall–Kier alpha value is -1.26. The van der Waals surface area contributed by atoms with Gasteiger partial charge in [0, 0.05) is 19.2 Å². The second-order valence-corrected chi connectivity index (χ2v) is 3.86. The zero-order valence-electron chi connectivity index (χ0n) is 10.9. The number of ether oxygens (including phenoxy) is 3. The number of hydrogen-bond acceptors (Lipinski definition) is 4. The molecule has 1 rings (SSSR count). The summed E-state index contributed by atoms with van der Waals surface area (Å²) in [6.45, 7) is 3.27. The molecule has 0 radical (unpaired) electrons. The largest absolute Gasteiger partial charge is 0.493 e. The van der Waals surface area contributed by atoms with Crippen LogP contribution in [-0.4, -0.2) is 34.0 Å². The van der Waals surface area contributed by atoms with Crippen molar-refractivity contribution in [3.8, 4) is 11.5 Å². The van der Waals surface area contributed by atoms with E-state index in [0.29, 0.717) is 6.61 Å². The highest BCUT2D eigenvalue weighted by Crippen LogP contribution is 2.31. The number of methoxy groups -OCH3 is 2. The lowest BCUT2D eigenvalue weighted by molar-refractivity contribution is 0.0892. The molecule has 17 heavy (non-hydrogen) atoms. The van der Waals surface area contributed by atoms with Crippen LogP contribution in [0.15, 0.2) is 18.2 Å². The van der Waals surface area contributed by atoms with E-state index in [-0.39, 0.29) is 6.10 Å². The van der Waals surface area contributed by atoms with Crippen molar-refractivity contribution in [1.29, 1.82) is 0 Å². The van der Waals surface area contributed by atoms with E-state index in [0.717, 1.165) is 23.6 Å². The SMILES string of the molecule is CNCc1cccc(OC)c1OC(C)COC. The first kappa shape index (κ1) is 13.8. The first-order chi connectivity index (χ1) is 8.22. The summed E-state index contributed by atoms with van der Waals surface area (Å²) in [7, 11) is 5.21. The lowest BCUT2D eigenvalue weighted by Gasteiger charge is -2.19. The molecule has 0 aliphatic rings. The fraction of sp³-hybridized carbons (Fsp3) is 0.538. The molecule has 0 aliphatic carbocycles. The van der Waals surface area contributed by atoms with Crippen LogP contribution in [0.3, 0.4) is 0 Å². The molecule has 1 N–H and O–H groups in total. The number of para-hydroxylation sites is 1. The van der Waals surface area contributed by atoms with Gasteiger partial charge in [-0.1, -0.05) is 12.1 Å². The molecule has 0 saturated carbocycles. The zero-order valence-corrected chi connectivity index (χ0v) is 10.9. The van der Waals surface area contributed by atoms with Gasteiger partial charge in [0.15, 0.2) is 11.5 Å². The van der Waals surface area contributed by atoms with Gasteiger partial charge >= 0.3 is 0 Å². The first-order valence-electron chi connectivity index (χ1n) is 5.69. The highest BCUT2D eigenvalue weighted by atomic mass is 16.5. The van der Waals surface area contributed by atoms with Crippen LogP contribution < -0.4 is 14.8 Å². The third kappa shape index (κ3) is 3.91. The molecular weight excluding hydrogens is 218 g/mol. The van der Waals surface area contributed by atoms with Gasteiger partial charge in [-0.05, 0) is 20.0 Å². The Bertz CT molecular complexity index is 341. The Balaban J connectivity index is 2.91. The molecule has 4 heteroatoms. The van der Waals surface area contributed by atoms with Gasteiger partial charge in [-0.3, -0.25) is 0 Å². The highest BCUT2D eigenvalue weighted by Gasteiger charge is 2.13. The van der Waals surface area contributed by atoms with E-state index in [9.17, 15) is 0 Å². The molecule has 0 fully saturated rings. The van der Waals surface area contributed by atoms with Gasteiger partial charge in [0.2, 0.25) is 0 Å². The predicted octanol–water partition coefficient (Wildman–Crippen LogP) is 1.83. The summed E-state index contributed by atoms with van der Waals surface area (Å²) in [5, 5.41) is 3.11. The fourth-order valence-electron chi connectivity index (χ4n) is 1.66. The van der Waals surface area contributed by atoms with Crippen LogP contribution in [0.2, 0.25) is 0 Å². The second-order valence-electron chi connectivity index (χ2n) is 3.86. The Kier molecular flexibility index (Phi) is 5.80. The molecule has 1 atom stereocenters. The summed E-state index contributed by atoms with van der Waals surface area (Å²) >= 11 is 0. The van der Waals surface area contributed by atoms with E-state index in [1.807, 2.05) is 32.2 Å². The number of benzene rings is 1. The van der Waals surface area contributed by atoms with Crippen LogP contribution in [0.4, 0.5) is 0 Å². The first-order valence-corrected chi connectivity index (χ1v) is 5.69. The van der Waals surface area contributed by atoms with E-state index in [2.05, 4.69) is 5.32 Å². The fourth-order valence-corrected chi connectivity index (χ4v) is 1.66. The third-order valence-corrected chi connectivity index (χ3v) is 2.37. The maximum Gasteiger partial charge on any atom is 0.166 e. The summed E-state index contributed by atoms with van der Waals surface area (Å²) in [4.78, 5) is 0. The van der Waals surface area contributed by atoms with Gasteiger partial charge in [-0.25, -0.2) is 0 Å². The lowest BCUT2D eigenvalue weighted by atomic mass is 10.2. The molecule has 96 valence electrons. The Morgan fingerprint density at radius 3 is 2.65 bits per heavy atom. The number of hydrogen-bond donors (Lipinski definition) is 1. The lowest BCUT2D eigenvalue weighted by Crippen LogP contribution is -2.20. The van der Waals surface area contributed by atoms with Crippen molar-refractivity contribution in [3.63, 3.8) is 0 Å². The molecule has 0 aliphatic heterocycles. The van der Waals surface area contributed by atoms with Crippen LogP contribution >= 0.6 is 0 Å². The van der Waals surface area contributed by atoms with E-state index >= 15 is 0 Å². The van der Waals surface area contributed by atoms with Crippen molar-refractivity contribution in [3.05, 3.63) is 23.8 Å². The average molecular weight is 239 g/mol. The summed E-state index contributed by atoms with van der Waals surface area (Å²) in [5.41, 5.74) is 1.08. The standard InChI is InChI=1S/C13H21NO3/c1-10(9-15-3)17-13-11(8-14-2)6-5-7-12(13)16-4/h5-7,10,14H,8-9H2,1-4H3. The van der Waals surface area contributed by atoms with Gasteiger partial charge in [0.05, 0.1) is 13.7 Å².